The van der Waals surface area contributed by atoms with Gasteiger partial charge >= 0.3 is 0 Å². The van der Waals surface area contributed by atoms with E-state index in [1.807, 2.05) is 39.8 Å². The van der Waals surface area contributed by atoms with Crippen molar-refractivity contribution in [2.45, 2.75) is 78.7 Å². The highest BCUT2D eigenvalue weighted by Gasteiger charge is 2.43. The molecule has 5 rings (SSSR count). The zero-order valence-electron chi connectivity index (χ0n) is 29.5. The number of phenols is 5. The fraction of sp³-hybridized carbons (Fsp3) is 0.317. The molecule has 0 saturated heterocycles. The van der Waals surface area contributed by atoms with Gasteiger partial charge in [-0.1, -0.05) is 29.4 Å². The fourth-order valence-electron chi connectivity index (χ4n) is 7.26. The van der Waals surface area contributed by atoms with Crippen LogP contribution in [0.5, 0.6) is 34.5 Å². The first kappa shape index (κ1) is 36.6. The second kappa shape index (κ2) is 14.3. The first-order chi connectivity index (χ1) is 24.0. The number of ether oxygens (including phenoxy) is 1. The average Bonchev–Trinajstić information content (AvgIpc) is 3.02. The Morgan fingerprint density at radius 3 is 2.22 bits per heavy atom. The average molecular weight is 697 g/mol. The number of aryl methyl sites for hydroxylation is 1. The van der Waals surface area contributed by atoms with Gasteiger partial charge in [0.25, 0.3) is 0 Å². The molecule has 4 unspecified atom stereocenters. The number of phenolic OH excluding ortho intramolecular Hbond substituents is 5. The van der Waals surface area contributed by atoms with Crippen molar-refractivity contribution in [2.75, 3.05) is 0 Å². The van der Waals surface area contributed by atoms with Gasteiger partial charge < -0.3 is 40.5 Å². The van der Waals surface area contributed by atoms with E-state index >= 15 is 0 Å². The number of aliphatic hydroxyl groups is 2. The van der Waals surface area contributed by atoms with E-state index in [1.165, 1.54) is 32.0 Å². The van der Waals surface area contributed by atoms with Crippen LogP contribution in [0.25, 0.3) is 0 Å². The highest BCUT2D eigenvalue weighted by Crippen LogP contribution is 2.53. The van der Waals surface area contributed by atoms with E-state index in [-0.39, 0.29) is 75.2 Å². The summed E-state index contributed by atoms with van der Waals surface area (Å²) in [5.74, 6) is -5.69. The van der Waals surface area contributed by atoms with Crippen molar-refractivity contribution in [2.24, 2.45) is 5.92 Å². The number of carbonyl (C=O) groups is 2. The number of benzene rings is 3. The molecule has 0 saturated carbocycles. The Hall–Kier alpha value is -5.64. The Labute approximate surface area is 296 Å². The minimum atomic E-state index is -1.07. The van der Waals surface area contributed by atoms with E-state index < -0.39 is 46.9 Å². The molecule has 1 aliphatic heterocycles. The molecular weight excluding hydrogens is 652 g/mol. The number of aromatic hydroxyl groups is 5. The molecule has 2 aliphatic rings. The molecule has 0 radical (unpaired) electrons. The molecule has 0 amide bonds. The Kier molecular flexibility index (Phi) is 10.3. The lowest BCUT2D eigenvalue weighted by Gasteiger charge is -2.38. The lowest BCUT2D eigenvalue weighted by molar-refractivity contribution is -0.120. The van der Waals surface area contributed by atoms with Crippen LogP contribution in [0, 0.1) is 12.8 Å². The maximum Gasteiger partial charge on any atom is 0.174 e. The van der Waals surface area contributed by atoms with Crippen LogP contribution in [0.1, 0.15) is 104 Å². The van der Waals surface area contributed by atoms with E-state index in [1.54, 1.807) is 18.2 Å². The number of rotatable bonds is 8. The van der Waals surface area contributed by atoms with E-state index in [4.69, 9.17) is 4.74 Å². The highest BCUT2D eigenvalue weighted by molar-refractivity contribution is 6.03. The highest BCUT2D eigenvalue weighted by atomic mass is 16.5. The molecule has 3 aromatic rings. The van der Waals surface area contributed by atoms with Gasteiger partial charge in [0.15, 0.2) is 11.6 Å². The lowest BCUT2D eigenvalue weighted by atomic mass is 9.65. The van der Waals surface area contributed by atoms with Gasteiger partial charge in [0, 0.05) is 46.2 Å². The van der Waals surface area contributed by atoms with Gasteiger partial charge in [0.05, 0.1) is 12.2 Å². The molecule has 0 fully saturated rings. The number of allylic oxidation sites excluding steroid dienone is 7. The SMILES string of the molecule is CC(C)=CCC(/C(O)=C(\C)C(=O)C1C(c2c(O)ccc(C3CC(=O)c4c(O)cc(O)cc4O3)c2O)C=C(C)CC1c1cc(C)cc(O)c1)=C(/C)O. The molecule has 10 heteroatoms. The minimum Gasteiger partial charge on any atom is -0.512 e. The first-order valence-corrected chi connectivity index (χ1v) is 16.7. The number of hydrogen-bond donors (Lipinski definition) is 7. The van der Waals surface area contributed by atoms with Gasteiger partial charge in [-0.3, -0.25) is 9.59 Å². The van der Waals surface area contributed by atoms with Crippen LogP contribution >= 0.6 is 0 Å². The zero-order valence-corrected chi connectivity index (χ0v) is 29.5. The van der Waals surface area contributed by atoms with Crippen molar-refractivity contribution in [3.05, 3.63) is 116 Å². The molecule has 1 aliphatic carbocycles. The summed E-state index contributed by atoms with van der Waals surface area (Å²) in [4.78, 5) is 27.9. The predicted octanol–water partition coefficient (Wildman–Crippen LogP) is 8.65. The molecule has 0 spiro atoms. The van der Waals surface area contributed by atoms with E-state index in [0.29, 0.717) is 12.0 Å². The third kappa shape index (κ3) is 7.31. The Morgan fingerprint density at radius 1 is 0.882 bits per heavy atom. The van der Waals surface area contributed by atoms with Crippen molar-refractivity contribution >= 4 is 11.6 Å². The molecule has 0 bridgehead atoms. The lowest BCUT2D eigenvalue weighted by Crippen LogP contribution is -2.32. The summed E-state index contributed by atoms with van der Waals surface area (Å²) in [6.07, 6.45) is 2.82. The molecular formula is C41H44O10. The number of fused-ring (bicyclic) bond motifs is 1. The van der Waals surface area contributed by atoms with Crippen molar-refractivity contribution in [1.82, 2.24) is 0 Å². The summed E-state index contributed by atoms with van der Waals surface area (Å²) >= 11 is 0. The standard InChI is InChI=1S/C41H44O10/c1-19(2)7-8-27(23(6)42)39(48)22(5)40(49)36-29(24-11-20(3)12-25(43)15-24)13-21(4)14-30(36)37-31(45)10-9-28(41(37)50)34-18-33(47)38-32(46)16-26(44)17-35(38)51-34/h7,9-12,14-17,29-30,34,36,42-46,48,50H,8,13,18H2,1-6H3/b27-23+,39-22-. The Bertz CT molecular complexity index is 2020. The molecule has 4 atom stereocenters. The van der Waals surface area contributed by atoms with Crippen LogP contribution in [-0.4, -0.2) is 47.3 Å². The third-order valence-electron chi connectivity index (χ3n) is 9.69. The van der Waals surface area contributed by atoms with E-state index in [2.05, 4.69) is 0 Å². The largest absolute Gasteiger partial charge is 0.512 e. The second-order valence-electron chi connectivity index (χ2n) is 13.9. The van der Waals surface area contributed by atoms with Gasteiger partial charge in [-0.15, -0.1) is 0 Å². The Balaban J connectivity index is 1.69. The van der Waals surface area contributed by atoms with Crippen LogP contribution in [0.4, 0.5) is 0 Å². The first-order valence-electron chi connectivity index (χ1n) is 16.7. The van der Waals surface area contributed by atoms with Crippen molar-refractivity contribution in [1.29, 1.82) is 0 Å². The minimum absolute atomic E-state index is 0.00156. The van der Waals surface area contributed by atoms with Crippen LogP contribution in [-0.2, 0) is 4.79 Å². The van der Waals surface area contributed by atoms with Crippen molar-refractivity contribution in [3.63, 3.8) is 0 Å². The summed E-state index contributed by atoms with van der Waals surface area (Å²) in [6.45, 7) is 10.3. The fourth-order valence-corrected chi connectivity index (χ4v) is 7.26. The summed E-state index contributed by atoms with van der Waals surface area (Å²) in [6, 6.07) is 10.0. The molecule has 268 valence electrons. The number of Topliss-reactive ketones (excluding diaryl/α,β-unsaturated/α-hetero) is 2. The summed E-state index contributed by atoms with van der Waals surface area (Å²) in [5, 5.41) is 76.2. The third-order valence-corrected chi connectivity index (χ3v) is 9.69. The number of aliphatic hydroxyl groups excluding tert-OH is 2. The normalized spacial score (nSPS) is 21.1. The quantitative estimate of drug-likeness (QED) is 0.0520. The molecule has 3 aromatic carbocycles. The molecule has 0 aromatic heterocycles. The van der Waals surface area contributed by atoms with Crippen LogP contribution in [0.3, 0.4) is 0 Å². The second-order valence-corrected chi connectivity index (χ2v) is 13.9. The molecule has 10 nitrogen and oxygen atoms in total. The molecule has 7 N–H and O–H groups in total. The van der Waals surface area contributed by atoms with Gasteiger partial charge in [-0.2, -0.15) is 0 Å². The molecule has 1 heterocycles. The van der Waals surface area contributed by atoms with Crippen LogP contribution in [0.2, 0.25) is 0 Å². The van der Waals surface area contributed by atoms with E-state index in [0.717, 1.165) is 22.8 Å². The monoisotopic (exact) mass is 696 g/mol. The maximum atomic E-state index is 14.8. The maximum absolute atomic E-state index is 14.8. The Morgan fingerprint density at radius 2 is 1.57 bits per heavy atom. The van der Waals surface area contributed by atoms with Crippen LogP contribution in [0.15, 0.2) is 88.4 Å². The van der Waals surface area contributed by atoms with Gasteiger partial charge in [-0.05, 0) is 95.7 Å². The van der Waals surface area contributed by atoms with Gasteiger partial charge in [0.1, 0.15) is 51.9 Å². The summed E-state index contributed by atoms with van der Waals surface area (Å²) < 4.78 is 6.02. The molecule has 51 heavy (non-hydrogen) atoms. The topological polar surface area (TPSA) is 185 Å². The summed E-state index contributed by atoms with van der Waals surface area (Å²) in [7, 11) is 0. The van der Waals surface area contributed by atoms with Gasteiger partial charge in [0.2, 0.25) is 0 Å². The predicted molar refractivity (Wildman–Crippen MR) is 192 cm³/mol. The van der Waals surface area contributed by atoms with Gasteiger partial charge in [-0.25, -0.2) is 0 Å². The van der Waals surface area contributed by atoms with Crippen molar-refractivity contribution in [3.8, 4) is 34.5 Å². The smallest absolute Gasteiger partial charge is 0.174 e. The van der Waals surface area contributed by atoms with E-state index in [9.17, 15) is 45.3 Å². The summed E-state index contributed by atoms with van der Waals surface area (Å²) in [5.41, 5.74) is 3.36. The zero-order chi connectivity index (χ0) is 37.5. The van der Waals surface area contributed by atoms with Crippen molar-refractivity contribution < 1.29 is 50.1 Å². The number of ketones is 2. The van der Waals surface area contributed by atoms with Crippen LogP contribution < -0.4 is 4.74 Å². The number of carbonyl (C=O) groups excluding carboxylic acids is 2. The number of hydrogen-bond acceptors (Lipinski definition) is 10.